The number of quaternary nitrogens is 1. The predicted octanol–water partition coefficient (Wildman–Crippen LogP) is 1.34. The van der Waals surface area contributed by atoms with Crippen molar-refractivity contribution in [1.82, 2.24) is 4.98 Å². The smallest absolute Gasteiger partial charge is 0.0743 e. The first-order valence-electron chi connectivity index (χ1n) is 4.76. The summed E-state index contributed by atoms with van der Waals surface area (Å²) < 4.78 is 0. The van der Waals surface area contributed by atoms with Crippen LogP contribution in [0.3, 0.4) is 0 Å². The van der Waals surface area contributed by atoms with Crippen LogP contribution in [0.4, 0.5) is 0 Å². The summed E-state index contributed by atoms with van der Waals surface area (Å²) in [5.74, 6) is 0. The molecule has 2 rings (SSSR count). The molecule has 1 heterocycles. The quantitative estimate of drug-likeness (QED) is 0.707. The van der Waals surface area contributed by atoms with Gasteiger partial charge in [-0.25, -0.2) is 0 Å². The fourth-order valence-electron chi connectivity index (χ4n) is 1.65. The van der Waals surface area contributed by atoms with Crippen molar-refractivity contribution in [2.45, 2.75) is 12.8 Å². The molecule has 68 valence electrons. The van der Waals surface area contributed by atoms with Gasteiger partial charge >= 0.3 is 0 Å². The van der Waals surface area contributed by atoms with Crippen molar-refractivity contribution >= 4 is 10.9 Å². The fraction of sp³-hybridized carbons (Fsp3) is 0.273. The van der Waals surface area contributed by atoms with Crippen molar-refractivity contribution in [2.24, 2.45) is 0 Å². The van der Waals surface area contributed by atoms with E-state index in [1.807, 2.05) is 0 Å². The molecule has 0 bridgehead atoms. The number of nitrogens with one attached hydrogen (secondary N) is 1. The van der Waals surface area contributed by atoms with Gasteiger partial charge in [-0.2, -0.15) is 0 Å². The zero-order valence-electron chi connectivity index (χ0n) is 7.72. The summed E-state index contributed by atoms with van der Waals surface area (Å²) in [5, 5.41) is 1.36. The molecule has 2 nitrogen and oxygen atoms in total. The Morgan fingerprint density at radius 2 is 2.08 bits per heavy atom. The molecule has 0 aliphatic carbocycles. The molecule has 13 heavy (non-hydrogen) atoms. The Labute approximate surface area is 77.8 Å². The lowest BCUT2D eigenvalue weighted by atomic mass is 10.1. The van der Waals surface area contributed by atoms with Gasteiger partial charge < -0.3 is 10.7 Å². The van der Waals surface area contributed by atoms with Gasteiger partial charge in [-0.15, -0.1) is 0 Å². The highest BCUT2D eigenvalue weighted by Gasteiger charge is 2.01. The zero-order valence-corrected chi connectivity index (χ0v) is 7.72. The van der Waals surface area contributed by atoms with E-state index in [2.05, 4.69) is 41.2 Å². The maximum Gasteiger partial charge on any atom is 0.0743 e. The Morgan fingerprint density at radius 3 is 2.92 bits per heavy atom. The molecule has 0 radical (unpaired) electrons. The van der Waals surface area contributed by atoms with Gasteiger partial charge in [0.25, 0.3) is 0 Å². The zero-order chi connectivity index (χ0) is 9.10. The lowest BCUT2D eigenvalue weighted by Crippen LogP contribution is -2.50. The fourth-order valence-corrected chi connectivity index (χ4v) is 1.65. The number of hydrogen-bond donors (Lipinski definition) is 2. The van der Waals surface area contributed by atoms with Crippen LogP contribution in [-0.4, -0.2) is 11.5 Å². The second-order valence-corrected chi connectivity index (χ2v) is 3.32. The second kappa shape index (κ2) is 3.62. The first kappa shape index (κ1) is 8.32. The minimum Gasteiger partial charge on any atom is -0.361 e. The average Bonchev–Trinajstić information content (AvgIpc) is 2.58. The highest BCUT2D eigenvalue weighted by Crippen LogP contribution is 2.18. The molecule has 4 N–H and O–H groups in total. The number of benzene rings is 1. The van der Waals surface area contributed by atoms with Crippen molar-refractivity contribution in [1.29, 1.82) is 0 Å². The average molecular weight is 175 g/mol. The van der Waals surface area contributed by atoms with Crippen LogP contribution in [0.15, 0.2) is 30.5 Å². The number of aromatic nitrogens is 1. The van der Waals surface area contributed by atoms with Crippen LogP contribution in [0.25, 0.3) is 10.9 Å². The Balaban J connectivity index is 2.35. The van der Waals surface area contributed by atoms with Gasteiger partial charge in [-0.05, 0) is 18.1 Å². The molecule has 2 aromatic rings. The van der Waals surface area contributed by atoms with Crippen molar-refractivity contribution in [3.05, 3.63) is 36.0 Å². The molecule has 0 saturated heterocycles. The molecule has 0 spiro atoms. The van der Waals surface area contributed by atoms with Crippen molar-refractivity contribution < 1.29 is 5.73 Å². The Hall–Kier alpha value is -1.28. The van der Waals surface area contributed by atoms with E-state index in [9.17, 15) is 0 Å². The van der Waals surface area contributed by atoms with Crippen LogP contribution in [0.5, 0.6) is 0 Å². The van der Waals surface area contributed by atoms with E-state index in [4.69, 9.17) is 0 Å². The standard InChI is InChI=1S/C11H14N2/c12-7-3-4-9-8-13-11-6-2-1-5-10(9)11/h1-2,5-6,8,13H,3-4,7,12H2/p+1. The van der Waals surface area contributed by atoms with Gasteiger partial charge in [-0.1, -0.05) is 18.2 Å². The largest absolute Gasteiger partial charge is 0.361 e. The monoisotopic (exact) mass is 175 g/mol. The summed E-state index contributed by atoms with van der Waals surface area (Å²) in [7, 11) is 0. The molecule has 0 amide bonds. The Kier molecular flexibility index (Phi) is 2.32. The van der Waals surface area contributed by atoms with Gasteiger partial charge in [0.1, 0.15) is 0 Å². The molecule has 0 atom stereocenters. The summed E-state index contributed by atoms with van der Waals surface area (Å²) in [6, 6.07) is 8.43. The molecule has 0 fully saturated rings. The van der Waals surface area contributed by atoms with Gasteiger partial charge in [0.2, 0.25) is 0 Å². The third-order valence-electron chi connectivity index (χ3n) is 2.37. The third-order valence-corrected chi connectivity index (χ3v) is 2.37. The predicted molar refractivity (Wildman–Crippen MR) is 54.4 cm³/mol. The number of fused-ring (bicyclic) bond motifs is 1. The van der Waals surface area contributed by atoms with Crippen LogP contribution in [0.1, 0.15) is 12.0 Å². The van der Waals surface area contributed by atoms with E-state index < -0.39 is 0 Å². The number of para-hydroxylation sites is 1. The maximum atomic E-state index is 3.85. The highest BCUT2D eigenvalue weighted by atomic mass is 14.7. The number of H-pyrrole nitrogens is 1. The molecule has 0 aliphatic rings. The van der Waals surface area contributed by atoms with Gasteiger partial charge in [-0.3, -0.25) is 0 Å². The number of aryl methyl sites for hydroxylation is 1. The van der Waals surface area contributed by atoms with Crippen LogP contribution >= 0.6 is 0 Å². The number of aromatic amines is 1. The molecular formula is C11H15N2+. The van der Waals surface area contributed by atoms with E-state index in [0.717, 1.165) is 13.0 Å². The number of rotatable bonds is 3. The normalized spacial score (nSPS) is 10.8. The van der Waals surface area contributed by atoms with Crippen LogP contribution in [0, 0.1) is 0 Å². The van der Waals surface area contributed by atoms with E-state index in [1.165, 1.54) is 22.9 Å². The molecule has 0 aliphatic heterocycles. The van der Waals surface area contributed by atoms with Crippen molar-refractivity contribution in [2.75, 3.05) is 6.54 Å². The van der Waals surface area contributed by atoms with Gasteiger partial charge in [0, 0.05) is 23.5 Å². The molecule has 0 saturated carbocycles. The summed E-state index contributed by atoms with van der Waals surface area (Å²) in [6.07, 6.45) is 4.41. The minimum atomic E-state index is 1.01. The SMILES string of the molecule is [NH3+]CCCc1c[nH]c2ccccc12. The summed E-state index contributed by atoms with van der Waals surface area (Å²) >= 11 is 0. The molecule has 0 unspecified atom stereocenters. The van der Waals surface area contributed by atoms with Gasteiger partial charge in [0.05, 0.1) is 6.54 Å². The van der Waals surface area contributed by atoms with E-state index in [-0.39, 0.29) is 0 Å². The summed E-state index contributed by atoms with van der Waals surface area (Å²) in [6.45, 7) is 1.01. The lowest BCUT2D eigenvalue weighted by molar-refractivity contribution is -0.368. The highest BCUT2D eigenvalue weighted by molar-refractivity contribution is 5.82. The molecular weight excluding hydrogens is 160 g/mol. The van der Waals surface area contributed by atoms with Crippen molar-refractivity contribution in [3.63, 3.8) is 0 Å². The molecule has 2 heteroatoms. The lowest BCUT2D eigenvalue weighted by Gasteiger charge is -1.94. The first-order chi connectivity index (χ1) is 6.42. The molecule has 1 aromatic carbocycles. The van der Waals surface area contributed by atoms with Crippen LogP contribution in [-0.2, 0) is 6.42 Å². The second-order valence-electron chi connectivity index (χ2n) is 3.32. The summed E-state index contributed by atoms with van der Waals surface area (Å²) in [4.78, 5) is 3.28. The maximum absolute atomic E-state index is 3.85. The third kappa shape index (κ3) is 1.58. The van der Waals surface area contributed by atoms with E-state index in [1.54, 1.807) is 0 Å². The van der Waals surface area contributed by atoms with Gasteiger partial charge in [0.15, 0.2) is 0 Å². The first-order valence-corrected chi connectivity index (χ1v) is 4.76. The Morgan fingerprint density at radius 1 is 1.23 bits per heavy atom. The van der Waals surface area contributed by atoms with Crippen molar-refractivity contribution in [3.8, 4) is 0 Å². The molecule has 1 aromatic heterocycles. The van der Waals surface area contributed by atoms with E-state index >= 15 is 0 Å². The topological polar surface area (TPSA) is 43.4 Å². The Bertz CT molecular complexity index is 390. The number of hydrogen-bond acceptors (Lipinski definition) is 0. The van der Waals surface area contributed by atoms with Crippen LogP contribution < -0.4 is 5.73 Å². The summed E-state index contributed by atoms with van der Waals surface area (Å²) in [5.41, 5.74) is 6.51. The van der Waals surface area contributed by atoms with E-state index in [0.29, 0.717) is 0 Å². The van der Waals surface area contributed by atoms with Crippen LogP contribution in [0.2, 0.25) is 0 Å². The minimum absolute atomic E-state index is 1.01.